The van der Waals surface area contributed by atoms with Crippen molar-refractivity contribution < 1.29 is 4.79 Å². The van der Waals surface area contributed by atoms with Crippen LogP contribution in [0.15, 0.2) is 53.3 Å². The Bertz CT molecular complexity index is 1200. The number of nitrogens with one attached hydrogen (secondary N) is 2. The highest BCUT2D eigenvalue weighted by Gasteiger charge is 2.15. The molecule has 3 aromatic heterocycles. The number of nitrogens with zero attached hydrogens (tertiary/aromatic N) is 4. The number of aryl methyl sites for hydroxylation is 2. The number of aromatic nitrogens is 5. The second-order valence-electron chi connectivity index (χ2n) is 6.16. The van der Waals surface area contributed by atoms with Gasteiger partial charge >= 0.3 is 0 Å². The molecule has 0 saturated heterocycles. The number of fused-ring (bicyclic) bond motifs is 1. The van der Waals surface area contributed by atoms with E-state index in [1.807, 2.05) is 44.2 Å². The van der Waals surface area contributed by atoms with Crippen LogP contribution in [0.1, 0.15) is 21.7 Å². The van der Waals surface area contributed by atoms with Gasteiger partial charge in [0.05, 0.1) is 11.2 Å². The lowest BCUT2D eigenvalue weighted by molar-refractivity contribution is 0.102. The van der Waals surface area contributed by atoms with Gasteiger partial charge in [0, 0.05) is 17.5 Å². The number of carbonyl (C=O) groups is 1. The Morgan fingerprint density at radius 3 is 2.70 bits per heavy atom. The van der Waals surface area contributed by atoms with Crippen molar-refractivity contribution in [2.75, 3.05) is 5.32 Å². The summed E-state index contributed by atoms with van der Waals surface area (Å²) >= 11 is 0. The minimum absolute atomic E-state index is 0.0997. The summed E-state index contributed by atoms with van der Waals surface area (Å²) in [7, 11) is 0. The molecule has 1 aromatic carbocycles. The molecule has 134 valence electrons. The molecule has 4 aromatic rings. The highest BCUT2D eigenvalue weighted by Crippen LogP contribution is 2.22. The normalized spacial score (nSPS) is 10.9. The fourth-order valence-electron chi connectivity index (χ4n) is 2.85. The van der Waals surface area contributed by atoms with Gasteiger partial charge in [0.15, 0.2) is 5.82 Å². The van der Waals surface area contributed by atoms with E-state index in [1.54, 1.807) is 10.7 Å². The summed E-state index contributed by atoms with van der Waals surface area (Å²) in [5, 5.41) is 14.3. The number of anilines is 1. The van der Waals surface area contributed by atoms with E-state index in [1.165, 1.54) is 12.1 Å². The monoisotopic (exact) mass is 360 g/mol. The number of para-hydroxylation sites is 1. The summed E-state index contributed by atoms with van der Waals surface area (Å²) in [5.74, 6) is 0.613. The predicted molar refractivity (Wildman–Crippen MR) is 101 cm³/mol. The minimum atomic E-state index is -0.454. The van der Waals surface area contributed by atoms with Crippen LogP contribution in [0.2, 0.25) is 0 Å². The molecule has 0 bridgehead atoms. The van der Waals surface area contributed by atoms with Gasteiger partial charge in [-0.1, -0.05) is 18.2 Å². The molecule has 0 unspecified atom stereocenters. The van der Waals surface area contributed by atoms with Crippen molar-refractivity contribution in [3.8, 4) is 5.82 Å². The Kier molecular flexibility index (Phi) is 4.00. The summed E-state index contributed by atoms with van der Waals surface area (Å²) in [6.07, 6.45) is 0. The average Bonchev–Trinajstić information content (AvgIpc) is 3.02. The fraction of sp³-hybridized carbons (Fsp3) is 0.105. The van der Waals surface area contributed by atoms with E-state index < -0.39 is 5.91 Å². The van der Waals surface area contributed by atoms with Crippen LogP contribution in [0.25, 0.3) is 16.7 Å². The number of hydrogen-bond acceptors (Lipinski definition) is 5. The first kappa shape index (κ1) is 16.6. The number of amides is 1. The predicted octanol–water partition coefficient (Wildman–Crippen LogP) is 2.37. The maximum absolute atomic E-state index is 12.4. The Balaban J connectivity index is 1.74. The smallest absolute Gasteiger partial charge is 0.277 e. The maximum Gasteiger partial charge on any atom is 0.277 e. The van der Waals surface area contributed by atoms with Crippen molar-refractivity contribution in [2.24, 2.45) is 0 Å². The van der Waals surface area contributed by atoms with Gasteiger partial charge in [-0.05, 0) is 37.6 Å². The number of carbonyl (C=O) groups excluding carboxylic acids is 1. The molecule has 0 saturated carbocycles. The Morgan fingerprint density at radius 2 is 1.93 bits per heavy atom. The molecule has 8 nitrogen and oxygen atoms in total. The quantitative estimate of drug-likeness (QED) is 0.583. The third-order valence-electron chi connectivity index (χ3n) is 4.11. The summed E-state index contributed by atoms with van der Waals surface area (Å²) in [6.45, 7) is 3.84. The van der Waals surface area contributed by atoms with E-state index in [4.69, 9.17) is 0 Å². The average molecular weight is 360 g/mol. The molecule has 0 aliphatic heterocycles. The minimum Gasteiger partial charge on any atom is -0.305 e. The van der Waals surface area contributed by atoms with E-state index >= 15 is 0 Å². The van der Waals surface area contributed by atoms with E-state index in [0.717, 1.165) is 22.2 Å². The second-order valence-corrected chi connectivity index (χ2v) is 6.16. The third-order valence-corrected chi connectivity index (χ3v) is 4.11. The van der Waals surface area contributed by atoms with Crippen LogP contribution >= 0.6 is 0 Å². The molecule has 0 aliphatic rings. The van der Waals surface area contributed by atoms with Gasteiger partial charge in [-0.25, -0.2) is 10.1 Å². The van der Waals surface area contributed by atoms with Crippen molar-refractivity contribution in [1.29, 1.82) is 0 Å². The number of H-pyrrole nitrogens is 1. The molecule has 8 heteroatoms. The van der Waals surface area contributed by atoms with Crippen LogP contribution in [0, 0.1) is 13.8 Å². The third kappa shape index (κ3) is 3.20. The van der Waals surface area contributed by atoms with Crippen LogP contribution in [0.3, 0.4) is 0 Å². The summed E-state index contributed by atoms with van der Waals surface area (Å²) in [5.41, 5.74) is 2.36. The lowest BCUT2D eigenvalue weighted by atomic mass is 10.1. The zero-order valence-corrected chi connectivity index (χ0v) is 14.7. The van der Waals surface area contributed by atoms with Gasteiger partial charge in [0.2, 0.25) is 0 Å². The van der Waals surface area contributed by atoms with Crippen LogP contribution in [0.4, 0.5) is 5.82 Å². The van der Waals surface area contributed by atoms with Crippen LogP contribution < -0.4 is 10.9 Å². The van der Waals surface area contributed by atoms with Gasteiger partial charge in [-0.15, -0.1) is 0 Å². The topological polar surface area (TPSA) is 106 Å². The van der Waals surface area contributed by atoms with Crippen LogP contribution in [-0.4, -0.2) is 30.9 Å². The van der Waals surface area contributed by atoms with Crippen molar-refractivity contribution in [3.63, 3.8) is 0 Å². The molecule has 0 fully saturated rings. The highest BCUT2D eigenvalue weighted by atomic mass is 16.2. The van der Waals surface area contributed by atoms with E-state index in [0.29, 0.717) is 11.6 Å². The van der Waals surface area contributed by atoms with Crippen molar-refractivity contribution >= 4 is 22.6 Å². The Labute approximate surface area is 153 Å². The number of hydrogen-bond donors (Lipinski definition) is 2. The molecule has 0 aliphatic carbocycles. The molecule has 0 spiro atoms. The number of aromatic amines is 1. The van der Waals surface area contributed by atoms with E-state index in [9.17, 15) is 9.59 Å². The first-order valence-electron chi connectivity index (χ1n) is 8.32. The van der Waals surface area contributed by atoms with Gasteiger partial charge in [0.25, 0.3) is 11.5 Å². The van der Waals surface area contributed by atoms with Gasteiger partial charge in [-0.2, -0.15) is 14.9 Å². The number of rotatable bonds is 3. The molecule has 0 radical (unpaired) electrons. The Morgan fingerprint density at radius 1 is 1.11 bits per heavy atom. The van der Waals surface area contributed by atoms with Crippen LogP contribution in [-0.2, 0) is 0 Å². The van der Waals surface area contributed by atoms with Gasteiger partial charge in [0.1, 0.15) is 11.5 Å². The Hall–Kier alpha value is -3.81. The lowest BCUT2D eigenvalue weighted by Gasteiger charge is -2.10. The molecule has 4 rings (SSSR count). The van der Waals surface area contributed by atoms with E-state index in [-0.39, 0.29) is 11.3 Å². The number of pyridine rings is 1. The summed E-state index contributed by atoms with van der Waals surface area (Å²) in [6, 6.07) is 14.1. The number of benzene rings is 1. The van der Waals surface area contributed by atoms with Crippen molar-refractivity contribution in [1.82, 2.24) is 25.0 Å². The molecule has 3 heterocycles. The molecule has 0 atom stereocenters. The summed E-state index contributed by atoms with van der Waals surface area (Å²) in [4.78, 5) is 28.2. The lowest BCUT2D eigenvalue weighted by Crippen LogP contribution is -2.19. The first-order valence-corrected chi connectivity index (χ1v) is 8.32. The zero-order chi connectivity index (χ0) is 19.0. The van der Waals surface area contributed by atoms with Gasteiger partial charge in [-0.3, -0.25) is 9.59 Å². The second kappa shape index (κ2) is 6.49. The standard InChI is InChI=1S/C19H16N6O2/c1-11-9-16(20-14-6-4-3-5-13(11)14)25-17(10-12(2)24-25)21-19(27)15-7-8-18(26)23-22-15/h3-10H,1-2H3,(H,21,27)(H,23,26). The summed E-state index contributed by atoms with van der Waals surface area (Å²) < 4.78 is 1.58. The van der Waals surface area contributed by atoms with Crippen molar-refractivity contribution in [2.45, 2.75) is 13.8 Å². The first-order chi connectivity index (χ1) is 13.0. The van der Waals surface area contributed by atoms with Gasteiger partial charge < -0.3 is 5.32 Å². The van der Waals surface area contributed by atoms with E-state index in [2.05, 4.69) is 25.6 Å². The maximum atomic E-state index is 12.4. The SMILES string of the molecule is Cc1cc(NC(=O)c2ccc(=O)[nH]n2)n(-c2cc(C)c3ccccc3n2)n1. The molecule has 1 amide bonds. The molecule has 2 N–H and O–H groups in total. The molecule has 27 heavy (non-hydrogen) atoms. The fourth-order valence-corrected chi connectivity index (χ4v) is 2.85. The largest absolute Gasteiger partial charge is 0.305 e. The molecular formula is C19H16N6O2. The molecular weight excluding hydrogens is 344 g/mol. The highest BCUT2D eigenvalue weighted by molar-refractivity contribution is 6.02. The zero-order valence-electron chi connectivity index (χ0n) is 14.7. The van der Waals surface area contributed by atoms with Crippen molar-refractivity contribution in [3.05, 3.63) is 75.8 Å². The van der Waals surface area contributed by atoms with Crippen LogP contribution in [0.5, 0.6) is 0 Å².